The first-order valence-corrected chi connectivity index (χ1v) is 16.1. The van der Waals surface area contributed by atoms with Crippen molar-refractivity contribution in [3.8, 4) is 11.1 Å². The summed E-state index contributed by atoms with van der Waals surface area (Å²) < 4.78 is 28.4. The number of aliphatic hydroxyl groups excluding tert-OH is 1. The van der Waals surface area contributed by atoms with E-state index < -0.39 is 22.1 Å². The van der Waals surface area contributed by atoms with Crippen LogP contribution in [-0.2, 0) is 34.1 Å². The van der Waals surface area contributed by atoms with Crippen LogP contribution in [0.2, 0.25) is 0 Å². The number of carboxylic acid groups (broad SMARTS) is 1. The number of nitrogens with one attached hydrogen (secondary N) is 1. The lowest BCUT2D eigenvalue weighted by atomic mass is 9.95. The van der Waals surface area contributed by atoms with Crippen LogP contribution in [0.4, 0.5) is 0 Å². The summed E-state index contributed by atoms with van der Waals surface area (Å²) in [5.41, 5.74) is 5.61. The van der Waals surface area contributed by atoms with Gasteiger partial charge in [0.15, 0.2) is 0 Å². The Balaban J connectivity index is 1.64. The number of carbonyl (C=O) groups is 1. The lowest BCUT2D eigenvalue weighted by molar-refractivity contribution is -0.136. The summed E-state index contributed by atoms with van der Waals surface area (Å²) in [6.07, 6.45) is 3.08. The summed E-state index contributed by atoms with van der Waals surface area (Å²) in [5.74, 6) is -0.840. The van der Waals surface area contributed by atoms with Gasteiger partial charge in [-0.2, -0.15) is 4.31 Å². The van der Waals surface area contributed by atoms with E-state index >= 15 is 0 Å². The number of carboxylic acids is 1. The van der Waals surface area contributed by atoms with Gasteiger partial charge in [0, 0.05) is 32.1 Å². The molecule has 8 heteroatoms. The summed E-state index contributed by atoms with van der Waals surface area (Å²) in [5, 5.41) is 23.2. The van der Waals surface area contributed by atoms with E-state index in [0.717, 1.165) is 41.5 Å². The topological polar surface area (TPSA) is 107 Å². The number of benzene rings is 3. The zero-order chi connectivity index (χ0) is 30.9. The van der Waals surface area contributed by atoms with Crippen molar-refractivity contribution >= 4 is 16.0 Å². The SMILES string of the molecule is CCc1cc(-c2cc(CCC(=O)O)ccc2C)ccc1S(=O)(=O)N(C)CC(O)CNC(C)(C)CCCc1ccccc1. The van der Waals surface area contributed by atoms with E-state index in [2.05, 4.69) is 31.3 Å². The van der Waals surface area contributed by atoms with Crippen molar-refractivity contribution in [1.29, 1.82) is 0 Å². The van der Waals surface area contributed by atoms with Crippen LogP contribution < -0.4 is 5.32 Å². The number of aryl methyl sites for hydroxylation is 4. The molecule has 0 bridgehead atoms. The van der Waals surface area contributed by atoms with Crippen LogP contribution in [-0.4, -0.2) is 60.7 Å². The van der Waals surface area contributed by atoms with E-state index in [1.54, 1.807) is 12.1 Å². The predicted octanol–water partition coefficient (Wildman–Crippen LogP) is 5.61. The van der Waals surface area contributed by atoms with Crippen molar-refractivity contribution in [2.45, 2.75) is 82.8 Å². The molecule has 7 nitrogen and oxygen atoms in total. The molecule has 1 atom stereocenters. The second kappa shape index (κ2) is 14.9. The highest BCUT2D eigenvalue weighted by molar-refractivity contribution is 7.89. The number of hydrogen-bond donors (Lipinski definition) is 3. The number of rotatable bonds is 16. The zero-order valence-electron chi connectivity index (χ0n) is 25.6. The molecule has 0 aliphatic heterocycles. The van der Waals surface area contributed by atoms with Crippen LogP contribution in [0.5, 0.6) is 0 Å². The highest BCUT2D eigenvalue weighted by Gasteiger charge is 2.27. The molecule has 0 heterocycles. The maximum absolute atomic E-state index is 13.6. The van der Waals surface area contributed by atoms with Gasteiger partial charge >= 0.3 is 5.97 Å². The molecule has 0 aromatic heterocycles. The number of nitrogens with zero attached hydrogens (tertiary/aromatic N) is 1. The lowest BCUT2D eigenvalue weighted by Crippen LogP contribution is -2.46. The van der Waals surface area contributed by atoms with Crippen LogP contribution in [0.15, 0.2) is 71.6 Å². The fourth-order valence-corrected chi connectivity index (χ4v) is 6.63. The minimum absolute atomic E-state index is 0.0228. The molecule has 0 saturated carbocycles. The largest absolute Gasteiger partial charge is 0.481 e. The quantitative estimate of drug-likeness (QED) is 0.199. The lowest BCUT2D eigenvalue weighted by Gasteiger charge is -2.29. The molecule has 1 unspecified atom stereocenters. The van der Waals surface area contributed by atoms with Gasteiger partial charge in [-0.05, 0) is 98.4 Å². The van der Waals surface area contributed by atoms with Gasteiger partial charge in [0.2, 0.25) is 10.0 Å². The standard InChI is InChI=1S/C34H46N2O5S/c1-6-28-22-29(31-21-27(15-14-25(31)2)16-19-33(38)39)17-18-32(28)42(40,41)36(5)24-30(37)23-35-34(3,4)20-10-13-26-11-8-7-9-12-26/h7-9,11-12,14-15,17-18,21-22,30,35,37H,6,10,13,16,19-20,23-24H2,1-5H3,(H,38,39). The Morgan fingerprint density at radius 2 is 1.71 bits per heavy atom. The number of sulfonamides is 1. The van der Waals surface area contributed by atoms with Gasteiger partial charge in [-0.15, -0.1) is 0 Å². The van der Waals surface area contributed by atoms with E-state index in [4.69, 9.17) is 5.11 Å². The molecule has 0 radical (unpaired) electrons. The van der Waals surface area contributed by atoms with Gasteiger partial charge in [0.25, 0.3) is 0 Å². The number of aliphatic carboxylic acids is 1. The van der Waals surface area contributed by atoms with Gasteiger partial charge in [-0.25, -0.2) is 8.42 Å². The van der Waals surface area contributed by atoms with Crippen LogP contribution in [0.1, 0.15) is 62.3 Å². The Morgan fingerprint density at radius 3 is 2.38 bits per heavy atom. The minimum Gasteiger partial charge on any atom is -0.481 e. The van der Waals surface area contributed by atoms with Crippen LogP contribution >= 0.6 is 0 Å². The fraction of sp³-hybridized carbons (Fsp3) is 0.441. The Hall–Kier alpha value is -3.04. The third kappa shape index (κ3) is 9.49. The molecule has 0 aliphatic carbocycles. The minimum atomic E-state index is -3.83. The van der Waals surface area contributed by atoms with E-state index in [9.17, 15) is 18.3 Å². The molecule has 3 aromatic carbocycles. The van der Waals surface area contributed by atoms with Crippen molar-refractivity contribution < 1.29 is 23.4 Å². The zero-order valence-corrected chi connectivity index (χ0v) is 26.4. The Kier molecular flexibility index (Phi) is 11.9. The van der Waals surface area contributed by atoms with Crippen molar-refractivity contribution in [3.05, 3.63) is 89.0 Å². The Labute approximate surface area is 251 Å². The van der Waals surface area contributed by atoms with Gasteiger partial charge in [-0.1, -0.05) is 61.5 Å². The average molecular weight is 595 g/mol. The van der Waals surface area contributed by atoms with E-state index in [-0.39, 0.29) is 29.9 Å². The highest BCUT2D eigenvalue weighted by Crippen LogP contribution is 2.30. The summed E-state index contributed by atoms with van der Waals surface area (Å²) in [4.78, 5) is 11.2. The molecule has 0 fully saturated rings. The molecule has 3 N–H and O–H groups in total. The summed E-state index contributed by atoms with van der Waals surface area (Å²) in [7, 11) is -2.32. The number of β-amino-alcohol motifs (C(OH)–C–C–N with tert-alkyl or cyclic N) is 1. The maximum atomic E-state index is 13.6. The van der Waals surface area contributed by atoms with Gasteiger partial charge in [0.1, 0.15) is 0 Å². The normalized spacial score (nSPS) is 12.9. The predicted molar refractivity (Wildman–Crippen MR) is 169 cm³/mol. The molecule has 228 valence electrons. The van der Waals surface area contributed by atoms with Gasteiger partial charge in [-0.3, -0.25) is 4.79 Å². The molecular formula is C34H46N2O5S. The van der Waals surface area contributed by atoms with Crippen molar-refractivity contribution in [2.75, 3.05) is 20.1 Å². The summed E-state index contributed by atoms with van der Waals surface area (Å²) in [6, 6.07) is 21.6. The van der Waals surface area contributed by atoms with Crippen LogP contribution in [0.3, 0.4) is 0 Å². The first-order valence-electron chi connectivity index (χ1n) is 14.7. The van der Waals surface area contributed by atoms with Gasteiger partial charge in [0.05, 0.1) is 11.0 Å². The average Bonchev–Trinajstić information content (AvgIpc) is 2.95. The van der Waals surface area contributed by atoms with Crippen molar-refractivity contribution in [3.63, 3.8) is 0 Å². The van der Waals surface area contributed by atoms with Crippen molar-refractivity contribution in [1.82, 2.24) is 9.62 Å². The molecule has 0 aliphatic rings. The first-order chi connectivity index (χ1) is 19.8. The van der Waals surface area contributed by atoms with E-state index in [1.807, 2.05) is 56.3 Å². The van der Waals surface area contributed by atoms with Crippen LogP contribution in [0, 0.1) is 6.92 Å². The Morgan fingerprint density at radius 1 is 1.00 bits per heavy atom. The molecule has 3 aromatic rings. The highest BCUT2D eigenvalue weighted by atomic mass is 32.2. The van der Waals surface area contributed by atoms with E-state index in [0.29, 0.717) is 18.4 Å². The summed E-state index contributed by atoms with van der Waals surface area (Å²) >= 11 is 0. The monoisotopic (exact) mass is 594 g/mol. The number of likely N-dealkylation sites (N-methyl/N-ethyl adjacent to an activating group) is 1. The fourth-order valence-electron chi connectivity index (χ4n) is 5.15. The molecule has 0 saturated heterocycles. The third-order valence-corrected chi connectivity index (χ3v) is 9.69. The Bertz CT molecular complexity index is 1440. The van der Waals surface area contributed by atoms with Crippen molar-refractivity contribution in [2.24, 2.45) is 0 Å². The molecule has 0 spiro atoms. The van der Waals surface area contributed by atoms with Gasteiger partial charge < -0.3 is 15.5 Å². The molecule has 42 heavy (non-hydrogen) atoms. The summed E-state index contributed by atoms with van der Waals surface area (Å²) in [6.45, 7) is 8.38. The molecular weight excluding hydrogens is 548 g/mol. The second-order valence-electron chi connectivity index (χ2n) is 11.8. The second-order valence-corrected chi connectivity index (χ2v) is 13.8. The first kappa shape index (κ1) is 33.5. The third-order valence-electron chi connectivity index (χ3n) is 7.76. The number of hydrogen-bond acceptors (Lipinski definition) is 5. The van der Waals surface area contributed by atoms with Crippen LogP contribution in [0.25, 0.3) is 11.1 Å². The smallest absolute Gasteiger partial charge is 0.303 e. The number of aliphatic hydroxyl groups is 1. The molecule has 0 amide bonds. The maximum Gasteiger partial charge on any atom is 0.303 e. The van der Waals surface area contributed by atoms with E-state index in [1.165, 1.54) is 16.9 Å². The molecule has 3 rings (SSSR count).